The lowest BCUT2D eigenvalue weighted by Gasteiger charge is -2.03. The number of nitrogens with one attached hydrogen (secondary N) is 1. The fourth-order valence-corrected chi connectivity index (χ4v) is 1.59. The monoisotopic (exact) mass is 211 g/mol. The summed E-state index contributed by atoms with van der Waals surface area (Å²) in [6.07, 6.45) is 1.54. The molecule has 1 heterocycles. The van der Waals surface area contributed by atoms with Gasteiger partial charge < -0.3 is 4.74 Å². The maximum Gasteiger partial charge on any atom is 0.258 e. The van der Waals surface area contributed by atoms with Crippen molar-refractivity contribution >= 4 is 10.8 Å². The Morgan fingerprint density at radius 3 is 2.69 bits per heavy atom. The van der Waals surface area contributed by atoms with E-state index in [4.69, 9.17) is 4.74 Å². The summed E-state index contributed by atoms with van der Waals surface area (Å²) in [5.41, 5.74) is 0. The highest BCUT2D eigenvalue weighted by atomic mass is 16.5. The van der Waals surface area contributed by atoms with E-state index in [2.05, 4.69) is 21.5 Å². The maximum absolute atomic E-state index is 5.52. The summed E-state index contributed by atoms with van der Waals surface area (Å²) in [6.45, 7) is 0. The lowest BCUT2D eigenvalue weighted by Crippen LogP contribution is -1.84. The van der Waals surface area contributed by atoms with Crippen LogP contribution in [0.2, 0.25) is 0 Å². The summed E-state index contributed by atoms with van der Waals surface area (Å²) in [5.74, 6) is 1.22. The average molecular weight is 211 g/mol. The number of aromatic amines is 1. The Morgan fingerprint density at radius 2 is 1.88 bits per heavy atom. The Bertz CT molecular complexity index is 604. The minimum Gasteiger partial charge on any atom is -0.436 e. The van der Waals surface area contributed by atoms with E-state index in [9.17, 15) is 0 Å². The molecule has 0 fully saturated rings. The Labute approximate surface area is 91.9 Å². The number of nitrogens with zero attached hydrogens (tertiary/aromatic N) is 2. The van der Waals surface area contributed by atoms with Crippen LogP contribution in [0.4, 0.5) is 0 Å². The van der Waals surface area contributed by atoms with Crippen LogP contribution < -0.4 is 4.74 Å². The van der Waals surface area contributed by atoms with E-state index in [1.807, 2.05) is 36.4 Å². The summed E-state index contributed by atoms with van der Waals surface area (Å²) in [4.78, 5) is 0. The molecule has 1 aromatic heterocycles. The zero-order valence-electron chi connectivity index (χ0n) is 8.42. The Hall–Kier alpha value is -2.36. The van der Waals surface area contributed by atoms with Crippen molar-refractivity contribution in [2.75, 3.05) is 0 Å². The molecule has 0 saturated heterocycles. The topological polar surface area (TPSA) is 50.8 Å². The van der Waals surface area contributed by atoms with Gasteiger partial charge in [0.05, 0.1) is 0 Å². The first kappa shape index (κ1) is 8.91. The third-order valence-electron chi connectivity index (χ3n) is 2.34. The van der Waals surface area contributed by atoms with E-state index in [0.717, 1.165) is 11.1 Å². The second kappa shape index (κ2) is 3.66. The first-order valence-electron chi connectivity index (χ1n) is 4.94. The van der Waals surface area contributed by atoms with Crippen LogP contribution in [0, 0.1) is 0 Å². The molecule has 0 aliphatic heterocycles. The number of H-pyrrole nitrogens is 1. The van der Waals surface area contributed by atoms with Crippen LogP contribution in [0.5, 0.6) is 11.6 Å². The number of rotatable bonds is 2. The number of hydrogen-bond acceptors (Lipinski definition) is 3. The molecule has 0 aliphatic rings. The lowest BCUT2D eigenvalue weighted by molar-refractivity contribution is 0.462. The van der Waals surface area contributed by atoms with Crippen LogP contribution >= 0.6 is 0 Å². The minimum absolute atomic E-state index is 0.468. The molecule has 0 spiro atoms. The number of ether oxygens (including phenoxy) is 1. The molecule has 0 atom stereocenters. The van der Waals surface area contributed by atoms with Gasteiger partial charge in [-0.05, 0) is 22.9 Å². The molecule has 4 heteroatoms. The van der Waals surface area contributed by atoms with Crippen LogP contribution in [0.1, 0.15) is 0 Å². The molecule has 1 N–H and O–H groups in total. The van der Waals surface area contributed by atoms with Crippen LogP contribution in [0.3, 0.4) is 0 Å². The van der Waals surface area contributed by atoms with Gasteiger partial charge in [0.15, 0.2) is 0 Å². The van der Waals surface area contributed by atoms with Gasteiger partial charge in [-0.3, -0.25) is 0 Å². The van der Waals surface area contributed by atoms with Crippen molar-refractivity contribution in [1.82, 2.24) is 15.4 Å². The summed E-state index contributed by atoms with van der Waals surface area (Å²) in [7, 11) is 0. The van der Waals surface area contributed by atoms with Crippen molar-refractivity contribution in [3.8, 4) is 11.6 Å². The number of fused-ring (bicyclic) bond motifs is 1. The van der Waals surface area contributed by atoms with E-state index < -0.39 is 0 Å². The predicted molar refractivity (Wildman–Crippen MR) is 60.4 cm³/mol. The maximum atomic E-state index is 5.52. The first-order chi connectivity index (χ1) is 7.92. The third-order valence-corrected chi connectivity index (χ3v) is 2.34. The highest BCUT2D eigenvalue weighted by molar-refractivity contribution is 5.83. The van der Waals surface area contributed by atoms with Crippen molar-refractivity contribution < 1.29 is 4.74 Å². The van der Waals surface area contributed by atoms with Crippen LogP contribution in [0.15, 0.2) is 48.7 Å². The van der Waals surface area contributed by atoms with Crippen LogP contribution in [0.25, 0.3) is 10.8 Å². The van der Waals surface area contributed by atoms with Gasteiger partial charge >= 0.3 is 0 Å². The molecule has 3 rings (SSSR count). The van der Waals surface area contributed by atoms with Crippen molar-refractivity contribution in [3.05, 3.63) is 48.7 Å². The highest BCUT2D eigenvalue weighted by Crippen LogP contribution is 2.23. The fraction of sp³-hybridized carbons (Fsp3) is 0. The molecule has 0 saturated carbocycles. The molecular formula is C12H9N3O. The molecule has 0 radical (unpaired) electrons. The van der Waals surface area contributed by atoms with Crippen LogP contribution in [-0.4, -0.2) is 15.4 Å². The summed E-state index contributed by atoms with van der Waals surface area (Å²) in [5, 5.41) is 12.3. The minimum atomic E-state index is 0.468. The number of hydrogen-bond donors (Lipinski definition) is 1. The largest absolute Gasteiger partial charge is 0.436 e. The average Bonchev–Trinajstić information content (AvgIpc) is 2.82. The standard InChI is InChI=1S/C12H9N3O/c1-2-4-10-7-11(6-5-9(10)3-1)16-12-8-13-15-14-12/h1-8H,(H,13,14,15). The van der Waals surface area contributed by atoms with E-state index in [1.165, 1.54) is 11.6 Å². The molecule has 4 nitrogen and oxygen atoms in total. The summed E-state index contributed by atoms with van der Waals surface area (Å²) < 4.78 is 5.52. The first-order valence-corrected chi connectivity index (χ1v) is 4.94. The molecule has 16 heavy (non-hydrogen) atoms. The lowest BCUT2D eigenvalue weighted by atomic mass is 10.1. The second-order valence-corrected chi connectivity index (χ2v) is 3.42. The zero-order valence-corrected chi connectivity index (χ0v) is 8.42. The normalized spacial score (nSPS) is 10.5. The van der Waals surface area contributed by atoms with E-state index in [0.29, 0.717) is 5.88 Å². The van der Waals surface area contributed by atoms with Crippen molar-refractivity contribution in [2.45, 2.75) is 0 Å². The quantitative estimate of drug-likeness (QED) is 0.709. The SMILES string of the molecule is c1ccc2cc(Oc3cn[nH]n3)ccc2c1. The number of aromatic nitrogens is 3. The molecular weight excluding hydrogens is 202 g/mol. The highest BCUT2D eigenvalue weighted by Gasteiger charge is 2.00. The van der Waals surface area contributed by atoms with E-state index >= 15 is 0 Å². The van der Waals surface area contributed by atoms with Gasteiger partial charge in [0.1, 0.15) is 11.9 Å². The van der Waals surface area contributed by atoms with Gasteiger partial charge in [-0.1, -0.05) is 30.3 Å². The van der Waals surface area contributed by atoms with E-state index in [1.54, 1.807) is 0 Å². The molecule has 2 aromatic carbocycles. The summed E-state index contributed by atoms with van der Waals surface area (Å²) >= 11 is 0. The second-order valence-electron chi connectivity index (χ2n) is 3.42. The summed E-state index contributed by atoms with van der Waals surface area (Å²) in [6, 6.07) is 14.0. The van der Waals surface area contributed by atoms with Gasteiger partial charge in [-0.2, -0.15) is 10.3 Å². The Kier molecular flexibility index (Phi) is 2.04. The number of benzene rings is 2. The molecule has 0 bridgehead atoms. The van der Waals surface area contributed by atoms with Crippen molar-refractivity contribution in [3.63, 3.8) is 0 Å². The molecule has 0 aliphatic carbocycles. The molecule has 78 valence electrons. The van der Waals surface area contributed by atoms with Gasteiger partial charge in [0.25, 0.3) is 5.88 Å². The zero-order chi connectivity index (χ0) is 10.8. The van der Waals surface area contributed by atoms with Gasteiger partial charge in [0, 0.05) is 0 Å². The molecule has 0 unspecified atom stereocenters. The van der Waals surface area contributed by atoms with Gasteiger partial charge in [-0.25, -0.2) is 0 Å². The van der Waals surface area contributed by atoms with Gasteiger partial charge in [0.2, 0.25) is 0 Å². The molecule has 0 amide bonds. The fourth-order valence-electron chi connectivity index (χ4n) is 1.59. The molecule has 3 aromatic rings. The van der Waals surface area contributed by atoms with Crippen molar-refractivity contribution in [1.29, 1.82) is 0 Å². The predicted octanol–water partition coefficient (Wildman–Crippen LogP) is 2.75. The smallest absolute Gasteiger partial charge is 0.258 e. The van der Waals surface area contributed by atoms with Gasteiger partial charge in [-0.15, -0.1) is 5.10 Å². The Balaban J connectivity index is 1.99. The van der Waals surface area contributed by atoms with Crippen LogP contribution in [-0.2, 0) is 0 Å². The van der Waals surface area contributed by atoms with Crippen molar-refractivity contribution in [2.24, 2.45) is 0 Å². The third kappa shape index (κ3) is 1.61. The van der Waals surface area contributed by atoms with E-state index in [-0.39, 0.29) is 0 Å². The Morgan fingerprint density at radius 1 is 1.00 bits per heavy atom.